The van der Waals surface area contributed by atoms with Crippen molar-refractivity contribution in [1.82, 2.24) is 0 Å². The molecule has 4 rings (SSSR count). The van der Waals surface area contributed by atoms with Crippen LogP contribution in [0, 0.1) is 20.8 Å². The Balaban J connectivity index is 2.15. The maximum atomic E-state index is 14.3. The minimum absolute atomic E-state index is 0.0955. The molecule has 0 unspecified atom stereocenters. The summed E-state index contributed by atoms with van der Waals surface area (Å²) < 4.78 is 48.1. The molecule has 0 heterocycles. The molecule has 7 heteroatoms. The van der Waals surface area contributed by atoms with E-state index in [1.807, 2.05) is 129 Å². The van der Waals surface area contributed by atoms with Crippen LogP contribution >= 0.6 is 10.3 Å². The smallest absolute Gasteiger partial charge is 0.307 e. The third kappa shape index (κ3) is 7.02. The quantitative estimate of drug-likeness (QED) is 0.200. The third-order valence-corrected chi connectivity index (χ3v) is 11.9. The molecule has 0 amide bonds. The molecule has 0 fully saturated rings. The van der Waals surface area contributed by atoms with Gasteiger partial charge in [0.25, 0.3) is 0 Å². The molecule has 0 atom stereocenters. The summed E-state index contributed by atoms with van der Waals surface area (Å²) in [7, 11) is -7.20. The van der Waals surface area contributed by atoms with Crippen LogP contribution in [-0.2, 0) is 13.7 Å². The van der Waals surface area contributed by atoms with Crippen LogP contribution in [0.15, 0.2) is 111 Å². The van der Waals surface area contributed by atoms with Crippen molar-refractivity contribution in [2.45, 2.75) is 93.1 Å². The van der Waals surface area contributed by atoms with Crippen molar-refractivity contribution in [1.29, 1.82) is 0 Å². The van der Waals surface area contributed by atoms with E-state index in [2.05, 4.69) is 0 Å². The van der Waals surface area contributed by atoms with Crippen LogP contribution in [0.5, 0.6) is 11.5 Å². The molecule has 0 saturated carbocycles. The molecule has 0 saturated heterocycles. The zero-order chi connectivity index (χ0) is 30.9. The fraction of sp³-hybridized carbons (Fsp3) is 0.314. The first-order chi connectivity index (χ1) is 19.5. The number of aryl methyl sites for hydroxylation is 3. The second kappa shape index (κ2) is 11.8. The van der Waals surface area contributed by atoms with Crippen molar-refractivity contribution in [3.63, 3.8) is 0 Å². The lowest BCUT2D eigenvalue weighted by Crippen LogP contribution is -2.26. The van der Waals surface area contributed by atoms with Gasteiger partial charge >= 0.3 is 10.1 Å². The number of hydrogen-bond acceptors (Lipinski definition) is 5. The van der Waals surface area contributed by atoms with Crippen LogP contribution in [-0.4, -0.2) is 19.6 Å². The van der Waals surface area contributed by atoms with E-state index in [0.717, 1.165) is 26.5 Å². The van der Waals surface area contributed by atoms with E-state index in [1.165, 1.54) is 0 Å². The Labute approximate surface area is 253 Å². The van der Waals surface area contributed by atoms with E-state index < -0.39 is 31.6 Å². The monoisotopic (exact) mass is 606 g/mol. The summed E-state index contributed by atoms with van der Waals surface area (Å²) in [6.45, 7) is 17.8. The highest BCUT2D eigenvalue weighted by Gasteiger charge is 2.42. The van der Waals surface area contributed by atoms with Gasteiger partial charge < -0.3 is 9.47 Å². The van der Waals surface area contributed by atoms with E-state index in [-0.39, 0.29) is 4.90 Å². The molecular weight excluding hydrogens is 565 g/mol. The van der Waals surface area contributed by atoms with E-state index in [0.29, 0.717) is 16.4 Å². The maximum absolute atomic E-state index is 14.3. The average molecular weight is 607 g/mol. The summed E-state index contributed by atoms with van der Waals surface area (Å²) in [6.07, 6.45) is 0. The molecule has 4 aromatic rings. The van der Waals surface area contributed by atoms with Gasteiger partial charge in [0.15, 0.2) is 0 Å². The first-order valence-electron chi connectivity index (χ1n) is 14.0. The van der Waals surface area contributed by atoms with Gasteiger partial charge in [-0.3, -0.25) is 0 Å². The first kappa shape index (κ1) is 31.7. The average Bonchev–Trinajstić information content (AvgIpc) is 2.87. The van der Waals surface area contributed by atoms with Crippen molar-refractivity contribution in [3.8, 4) is 11.5 Å². The highest BCUT2D eigenvalue weighted by Crippen LogP contribution is 2.73. The SMILES string of the molecule is Cc1ccc(S(=O)(=O)OS(c2ccccc2C)(c2ccccc2C)c2ccc(OC(C)(C)C)cc2OC(C)(C)C)cc1. The van der Waals surface area contributed by atoms with Crippen LogP contribution in [0.4, 0.5) is 0 Å². The fourth-order valence-electron chi connectivity index (χ4n) is 4.65. The van der Waals surface area contributed by atoms with Crippen molar-refractivity contribution < 1.29 is 21.5 Å². The zero-order valence-electron chi connectivity index (χ0n) is 26.0. The molecule has 0 radical (unpaired) electrons. The number of ether oxygens (including phenoxy) is 2. The minimum atomic E-state index is -4.26. The first-order valence-corrected chi connectivity index (χ1v) is 17.0. The van der Waals surface area contributed by atoms with Gasteiger partial charge in [-0.25, -0.2) is 3.63 Å². The molecule has 4 aromatic carbocycles. The highest BCUT2D eigenvalue weighted by atomic mass is 32.3. The summed E-state index contributed by atoms with van der Waals surface area (Å²) >= 11 is 0. The molecule has 0 N–H and O–H groups in total. The van der Waals surface area contributed by atoms with Gasteiger partial charge in [-0.05, 0) is 120 Å². The number of rotatable bonds is 8. The summed E-state index contributed by atoms with van der Waals surface area (Å²) in [5, 5.41) is 0. The predicted octanol–water partition coefficient (Wildman–Crippen LogP) is 9.57. The second-order valence-electron chi connectivity index (χ2n) is 12.5. The largest absolute Gasteiger partial charge is 0.488 e. The molecule has 5 nitrogen and oxygen atoms in total. The van der Waals surface area contributed by atoms with Crippen LogP contribution < -0.4 is 9.47 Å². The molecule has 0 aliphatic heterocycles. The summed E-state index contributed by atoms with van der Waals surface area (Å²) in [4.78, 5) is 2.28. The fourth-order valence-corrected chi connectivity index (χ4v) is 10.3. The van der Waals surface area contributed by atoms with E-state index in [4.69, 9.17) is 13.1 Å². The van der Waals surface area contributed by atoms with Crippen LogP contribution in [0.1, 0.15) is 58.2 Å². The Morgan fingerprint density at radius 1 is 0.571 bits per heavy atom. The molecule has 0 aliphatic rings. The Kier molecular flexibility index (Phi) is 8.89. The van der Waals surface area contributed by atoms with Gasteiger partial charge in [-0.1, -0.05) is 54.1 Å². The molecular formula is C35H42O5S2. The Morgan fingerprint density at radius 3 is 1.55 bits per heavy atom. The summed E-state index contributed by atoms with van der Waals surface area (Å²) in [6, 6.07) is 28.0. The van der Waals surface area contributed by atoms with Gasteiger partial charge in [0.05, 0.1) is 9.79 Å². The van der Waals surface area contributed by atoms with Crippen LogP contribution in [0.3, 0.4) is 0 Å². The lowest BCUT2D eigenvalue weighted by molar-refractivity contribution is 0.118. The third-order valence-electron chi connectivity index (χ3n) is 6.37. The van der Waals surface area contributed by atoms with Crippen molar-refractivity contribution in [2.24, 2.45) is 0 Å². The molecule has 0 aromatic heterocycles. The van der Waals surface area contributed by atoms with Gasteiger partial charge in [0.1, 0.15) is 22.7 Å². The van der Waals surface area contributed by atoms with Gasteiger partial charge in [0.2, 0.25) is 0 Å². The van der Waals surface area contributed by atoms with Gasteiger partial charge in [-0.2, -0.15) is 8.42 Å². The van der Waals surface area contributed by atoms with Crippen molar-refractivity contribution in [2.75, 3.05) is 0 Å². The highest BCUT2D eigenvalue weighted by molar-refractivity contribution is 8.33. The van der Waals surface area contributed by atoms with Gasteiger partial charge in [0, 0.05) is 15.9 Å². The zero-order valence-corrected chi connectivity index (χ0v) is 27.7. The standard InChI is InChI=1S/C35H42O5S2/c1-25-18-21-29(22-19-25)42(36,37)40-41(31-16-12-10-14-26(31)2,32-17-13-11-15-27(32)3)33-23-20-28(38-34(4,5)6)24-30(33)39-35(7,8)9/h10-24H,1-9H3. The molecule has 42 heavy (non-hydrogen) atoms. The Morgan fingerprint density at radius 2 is 1.07 bits per heavy atom. The van der Waals surface area contributed by atoms with E-state index in [9.17, 15) is 8.42 Å². The van der Waals surface area contributed by atoms with E-state index >= 15 is 0 Å². The Hall–Kier alpha value is -3.26. The summed E-state index contributed by atoms with van der Waals surface area (Å²) in [5.74, 6) is 1.12. The molecule has 0 aliphatic carbocycles. The normalized spacial score (nSPS) is 13.1. The minimum Gasteiger partial charge on any atom is -0.488 e. The van der Waals surface area contributed by atoms with Crippen LogP contribution in [0.25, 0.3) is 0 Å². The molecule has 0 bridgehead atoms. The number of benzene rings is 4. The molecule has 0 spiro atoms. The summed E-state index contributed by atoms with van der Waals surface area (Å²) in [5.41, 5.74) is 1.74. The van der Waals surface area contributed by atoms with E-state index in [1.54, 1.807) is 24.3 Å². The van der Waals surface area contributed by atoms with Crippen LogP contribution in [0.2, 0.25) is 0 Å². The van der Waals surface area contributed by atoms with Crippen molar-refractivity contribution >= 4 is 20.4 Å². The van der Waals surface area contributed by atoms with Gasteiger partial charge in [-0.15, -0.1) is 0 Å². The molecule has 224 valence electrons. The second-order valence-corrected chi connectivity index (χ2v) is 16.8. The predicted molar refractivity (Wildman–Crippen MR) is 171 cm³/mol. The number of hydrogen-bond donors (Lipinski definition) is 0. The van der Waals surface area contributed by atoms with Crippen molar-refractivity contribution in [3.05, 3.63) is 108 Å². The topological polar surface area (TPSA) is 61.8 Å². The Bertz CT molecular complexity index is 1620. The lowest BCUT2D eigenvalue weighted by Gasteiger charge is -2.42. The maximum Gasteiger partial charge on any atom is 0.307 e. The lowest BCUT2D eigenvalue weighted by atomic mass is 10.2.